The smallest absolute Gasteiger partial charge is 0.320 e. The lowest BCUT2D eigenvalue weighted by molar-refractivity contribution is -0.138. The molecule has 6 heteroatoms. The number of ether oxygens (including phenoxy) is 2. The third-order valence-corrected chi connectivity index (χ3v) is 2.89. The molecule has 0 aliphatic carbocycles. The summed E-state index contributed by atoms with van der Waals surface area (Å²) in [6, 6.07) is 2.22. The van der Waals surface area contributed by atoms with E-state index in [-0.39, 0.29) is 6.42 Å². The lowest BCUT2D eigenvalue weighted by Crippen LogP contribution is -2.32. The topological polar surface area (TPSA) is 98.9 Å². The number of rotatable bonds is 4. The molecule has 0 aromatic heterocycles. The van der Waals surface area contributed by atoms with Crippen LogP contribution in [0.15, 0.2) is 12.1 Å². The SMILES string of the molecule is NC(Cc1ccc(C=O)c2c1OCCCO2)C(=O)O. The monoisotopic (exact) mass is 265 g/mol. The first-order valence-electron chi connectivity index (χ1n) is 5.98. The van der Waals surface area contributed by atoms with Crippen molar-refractivity contribution in [2.75, 3.05) is 13.2 Å². The summed E-state index contributed by atoms with van der Waals surface area (Å²) in [4.78, 5) is 21.8. The van der Waals surface area contributed by atoms with Crippen molar-refractivity contribution in [1.82, 2.24) is 0 Å². The van der Waals surface area contributed by atoms with Gasteiger partial charge in [0, 0.05) is 18.4 Å². The van der Waals surface area contributed by atoms with Crippen molar-refractivity contribution in [3.8, 4) is 11.5 Å². The van der Waals surface area contributed by atoms with Crippen molar-refractivity contribution in [1.29, 1.82) is 0 Å². The first-order chi connectivity index (χ1) is 9.13. The molecule has 6 nitrogen and oxygen atoms in total. The van der Waals surface area contributed by atoms with Crippen molar-refractivity contribution in [3.05, 3.63) is 23.3 Å². The Balaban J connectivity index is 2.39. The summed E-state index contributed by atoms with van der Waals surface area (Å²) in [5.41, 5.74) is 6.56. The van der Waals surface area contributed by atoms with Crippen molar-refractivity contribution < 1.29 is 24.2 Å². The zero-order valence-electron chi connectivity index (χ0n) is 10.3. The quantitative estimate of drug-likeness (QED) is 0.774. The highest BCUT2D eigenvalue weighted by Crippen LogP contribution is 2.36. The number of hydrogen-bond acceptors (Lipinski definition) is 5. The number of carboxylic acids is 1. The van der Waals surface area contributed by atoms with Gasteiger partial charge in [0.1, 0.15) is 6.04 Å². The molecule has 0 bridgehead atoms. The molecule has 0 fully saturated rings. The zero-order chi connectivity index (χ0) is 13.8. The number of nitrogens with two attached hydrogens (primary N) is 1. The number of carbonyl (C=O) groups excluding carboxylic acids is 1. The number of fused-ring (bicyclic) bond motifs is 1. The van der Waals surface area contributed by atoms with Crippen LogP contribution in [0.1, 0.15) is 22.3 Å². The number of aliphatic carboxylic acids is 1. The van der Waals surface area contributed by atoms with Gasteiger partial charge in [0.2, 0.25) is 0 Å². The molecule has 0 saturated heterocycles. The van der Waals surface area contributed by atoms with Crippen LogP contribution >= 0.6 is 0 Å². The van der Waals surface area contributed by atoms with E-state index in [0.29, 0.717) is 48.5 Å². The molecule has 102 valence electrons. The van der Waals surface area contributed by atoms with Crippen molar-refractivity contribution in [3.63, 3.8) is 0 Å². The molecule has 1 aliphatic heterocycles. The number of carbonyl (C=O) groups is 2. The molecule has 0 spiro atoms. The predicted molar refractivity (Wildman–Crippen MR) is 66.8 cm³/mol. The Labute approximate surface area is 110 Å². The van der Waals surface area contributed by atoms with E-state index in [1.807, 2.05) is 0 Å². The summed E-state index contributed by atoms with van der Waals surface area (Å²) in [5, 5.41) is 8.85. The fraction of sp³-hybridized carbons (Fsp3) is 0.385. The maximum atomic E-state index is 11.0. The lowest BCUT2D eigenvalue weighted by Gasteiger charge is -2.15. The van der Waals surface area contributed by atoms with Crippen LogP contribution < -0.4 is 15.2 Å². The Kier molecular flexibility index (Phi) is 4.01. The lowest BCUT2D eigenvalue weighted by atomic mass is 10.0. The van der Waals surface area contributed by atoms with Gasteiger partial charge in [-0.2, -0.15) is 0 Å². The third kappa shape index (κ3) is 2.85. The second-order valence-corrected chi connectivity index (χ2v) is 4.29. The second kappa shape index (κ2) is 5.71. The Hall–Kier alpha value is -2.08. The standard InChI is InChI=1S/C13H15NO5/c14-10(13(16)17)6-8-2-3-9(7-15)12-11(8)18-4-1-5-19-12/h2-3,7,10H,1,4-6,14H2,(H,16,17). The molecule has 2 rings (SSSR count). The first kappa shape index (κ1) is 13.4. The molecule has 0 amide bonds. The van der Waals surface area contributed by atoms with Gasteiger partial charge >= 0.3 is 5.97 Å². The van der Waals surface area contributed by atoms with Crippen LogP contribution in [0.3, 0.4) is 0 Å². The van der Waals surface area contributed by atoms with Gasteiger partial charge in [0.25, 0.3) is 0 Å². The van der Waals surface area contributed by atoms with Gasteiger partial charge in [-0.3, -0.25) is 9.59 Å². The minimum absolute atomic E-state index is 0.125. The van der Waals surface area contributed by atoms with Crippen LogP contribution in [0.4, 0.5) is 0 Å². The largest absolute Gasteiger partial charge is 0.489 e. The average molecular weight is 265 g/mol. The molecule has 19 heavy (non-hydrogen) atoms. The highest BCUT2D eigenvalue weighted by atomic mass is 16.5. The second-order valence-electron chi connectivity index (χ2n) is 4.29. The maximum absolute atomic E-state index is 11.0. The molecule has 1 heterocycles. The van der Waals surface area contributed by atoms with Crippen LogP contribution in [0.5, 0.6) is 11.5 Å². The van der Waals surface area contributed by atoms with Gasteiger partial charge in [-0.1, -0.05) is 6.07 Å². The average Bonchev–Trinajstić information content (AvgIpc) is 2.64. The van der Waals surface area contributed by atoms with E-state index >= 15 is 0 Å². The number of benzene rings is 1. The molecular formula is C13H15NO5. The van der Waals surface area contributed by atoms with E-state index in [4.69, 9.17) is 20.3 Å². The van der Waals surface area contributed by atoms with Gasteiger partial charge in [-0.05, 0) is 6.07 Å². The fourth-order valence-electron chi connectivity index (χ4n) is 1.91. The zero-order valence-corrected chi connectivity index (χ0v) is 10.3. The van der Waals surface area contributed by atoms with Crippen LogP contribution in [0, 0.1) is 0 Å². The summed E-state index contributed by atoms with van der Waals surface area (Å²) >= 11 is 0. The molecule has 1 aromatic carbocycles. The number of hydrogen-bond donors (Lipinski definition) is 2. The summed E-state index contributed by atoms with van der Waals surface area (Å²) in [6.07, 6.45) is 1.52. The number of carboxylic acid groups (broad SMARTS) is 1. The van der Waals surface area contributed by atoms with Gasteiger partial charge in [0.05, 0.1) is 18.8 Å². The van der Waals surface area contributed by atoms with Crippen LogP contribution in [0.2, 0.25) is 0 Å². The van der Waals surface area contributed by atoms with E-state index in [0.717, 1.165) is 0 Å². The minimum Gasteiger partial charge on any atom is -0.489 e. The van der Waals surface area contributed by atoms with E-state index in [1.165, 1.54) is 0 Å². The van der Waals surface area contributed by atoms with Gasteiger partial charge in [-0.25, -0.2) is 0 Å². The Morgan fingerprint density at radius 1 is 1.37 bits per heavy atom. The van der Waals surface area contributed by atoms with E-state index in [2.05, 4.69) is 0 Å². The van der Waals surface area contributed by atoms with Crippen molar-refractivity contribution >= 4 is 12.3 Å². The Morgan fingerprint density at radius 3 is 2.68 bits per heavy atom. The molecule has 3 N–H and O–H groups in total. The molecule has 1 unspecified atom stereocenters. The highest BCUT2D eigenvalue weighted by molar-refractivity contribution is 5.82. The van der Waals surface area contributed by atoms with E-state index < -0.39 is 12.0 Å². The molecule has 1 aromatic rings. The van der Waals surface area contributed by atoms with Gasteiger partial charge in [0.15, 0.2) is 17.8 Å². The molecule has 1 aliphatic rings. The van der Waals surface area contributed by atoms with Crippen molar-refractivity contribution in [2.24, 2.45) is 5.73 Å². The van der Waals surface area contributed by atoms with E-state index in [1.54, 1.807) is 12.1 Å². The maximum Gasteiger partial charge on any atom is 0.320 e. The Morgan fingerprint density at radius 2 is 2.05 bits per heavy atom. The summed E-state index contributed by atoms with van der Waals surface area (Å²) in [6.45, 7) is 0.924. The van der Waals surface area contributed by atoms with Gasteiger partial charge in [-0.15, -0.1) is 0 Å². The summed E-state index contributed by atoms with van der Waals surface area (Å²) in [5.74, 6) is -0.274. The number of aldehydes is 1. The molecule has 0 saturated carbocycles. The third-order valence-electron chi connectivity index (χ3n) is 2.89. The molecule has 1 atom stereocenters. The van der Waals surface area contributed by atoms with E-state index in [9.17, 15) is 9.59 Å². The summed E-state index contributed by atoms with van der Waals surface area (Å²) < 4.78 is 11.1. The normalized spacial score (nSPS) is 15.4. The van der Waals surface area contributed by atoms with Crippen LogP contribution in [0.25, 0.3) is 0 Å². The minimum atomic E-state index is -1.08. The fourth-order valence-corrected chi connectivity index (χ4v) is 1.91. The predicted octanol–water partition coefficient (Wildman–Crippen LogP) is 0.615. The molecular weight excluding hydrogens is 250 g/mol. The van der Waals surface area contributed by atoms with Crippen LogP contribution in [-0.2, 0) is 11.2 Å². The van der Waals surface area contributed by atoms with Crippen LogP contribution in [-0.4, -0.2) is 36.6 Å². The first-order valence-corrected chi connectivity index (χ1v) is 5.98. The Bertz CT molecular complexity index is 500. The molecule has 0 radical (unpaired) electrons. The highest BCUT2D eigenvalue weighted by Gasteiger charge is 2.22. The summed E-state index contributed by atoms with van der Waals surface area (Å²) in [7, 11) is 0. The van der Waals surface area contributed by atoms with Crippen molar-refractivity contribution in [2.45, 2.75) is 18.9 Å². The van der Waals surface area contributed by atoms with Gasteiger partial charge < -0.3 is 20.3 Å².